The second-order valence-corrected chi connectivity index (χ2v) is 3.97. The van der Waals surface area contributed by atoms with E-state index in [1.807, 2.05) is 10.9 Å². The van der Waals surface area contributed by atoms with E-state index in [1.165, 1.54) is 6.92 Å². The van der Waals surface area contributed by atoms with E-state index in [9.17, 15) is 19.7 Å². The SMILES string of the molecule is CC(=O)NNC(=O)c1cc([N+](=O)[O-])cc(Cl)c1Cl. The molecule has 0 aliphatic heterocycles. The highest BCUT2D eigenvalue weighted by molar-refractivity contribution is 6.44. The number of benzene rings is 1. The molecule has 0 heterocycles. The number of nitro groups is 1. The van der Waals surface area contributed by atoms with Crippen molar-refractivity contribution in [3.63, 3.8) is 0 Å². The van der Waals surface area contributed by atoms with Crippen molar-refractivity contribution in [2.24, 2.45) is 0 Å². The lowest BCUT2D eigenvalue weighted by Crippen LogP contribution is -2.40. The number of carbonyl (C=O) groups is 2. The molecule has 0 radical (unpaired) electrons. The molecule has 0 unspecified atom stereocenters. The fourth-order valence-corrected chi connectivity index (χ4v) is 1.47. The van der Waals surface area contributed by atoms with Crippen LogP contribution in [-0.4, -0.2) is 16.7 Å². The topological polar surface area (TPSA) is 101 Å². The second-order valence-electron chi connectivity index (χ2n) is 3.18. The number of hydrogen-bond donors (Lipinski definition) is 2. The molecule has 2 amide bonds. The summed E-state index contributed by atoms with van der Waals surface area (Å²) < 4.78 is 0. The maximum Gasteiger partial charge on any atom is 0.271 e. The Hall–Kier alpha value is -1.86. The quantitative estimate of drug-likeness (QED) is 0.639. The van der Waals surface area contributed by atoms with Gasteiger partial charge in [-0.05, 0) is 0 Å². The van der Waals surface area contributed by atoms with E-state index in [4.69, 9.17) is 23.2 Å². The van der Waals surface area contributed by atoms with Crippen molar-refractivity contribution in [3.05, 3.63) is 37.9 Å². The van der Waals surface area contributed by atoms with Crippen LogP contribution >= 0.6 is 23.2 Å². The van der Waals surface area contributed by atoms with Gasteiger partial charge in [-0.2, -0.15) is 0 Å². The van der Waals surface area contributed by atoms with Gasteiger partial charge in [0, 0.05) is 19.1 Å². The average Bonchev–Trinajstić information content (AvgIpc) is 2.29. The van der Waals surface area contributed by atoms with Crippen molar-refractivity contribution in [2.45, 2.75) is 6.92 Å². The van der Waals surface area contributed by atoms with Gasteiger partial charge in [-0.3, -0.25) is 30.6 Å². The van der Waals surface area contributed by atoms with Crippen molar-refractivity contribution in [2.75, 3.05) is 0 Å². The number of non-ortho nitro benzene ring substituents is 1. The van der Waals surface area contributed by atoms with Crippen LogP contribution in [0.15, 0.2) is 12.1 Å². The van der Waals surface area contributed by atoms with E-state index in [0.29, 0.717) is 0 Å². The summed E-state index contributed by atoms with van der Waals surface area (Å²) in [6, 6.07) is 1.99. The van der Waals surface area contributed by atoms with Crippen LogP contribution in [0.3, 0.4) is 0 Å². The molecule has 0 bridgehead atoms. The molecule has 0 saturated carbocycles. The number of amides is 2. The smallest absolute Gasteiger partial charge is 0.271 e. The van der Waals surface area contributed by atoms with Gasteiger partial charge in [-0.15, -0.1) is 0 Å². The van der Waals surface area contributed by atoms with E-state index in [1.54, 1.807) is 0 Å². The van der Waals surface area contributed by atoms with Crippen LogP contribution in [0.1, 0.15) is 17.3 Å². The monoisotopic (exact) mass is 291 g/mol. The van der Waals surface area contributed by atoms with E-state index in [0.717, 1.165) is 12.1 Å². The summed E-state index contributed by atoms with van der Waals surface area (Å²) in [7, 11) is 0. The third-order valence-corrected chi connectivity index (χ3v) is 2.62. The van der Waals surface area contributed by atoms with Gasteiger partial charge in [-0.25, -0.2) is 0 Å². The van der Waals surface area contributed by atoms with Crippen LogP contribution in [-0.2, 0) is 4.79 Å². The van der Waals surface area contributed by atoms with Gasteiger partial charge in [-0.1, -0.05) is 23.2 Å². The van der Waals surface area contributed by atoms with Crippen LogP contribution in [0, 0.1) is 10.1 Å². The molecule has 0 aromatic heterocycles. The summed E-state index contributed by atoms with van der Waals surface area (Å²) in [5.41, 5.74) is 3.48. The Morgan fingerprint density at radius 1 is 1.28 bits per heavy atom. The average molecular weight is 292 g/mol. The minimum Gasteiger partial charge on any atom is -0.274 e. The number of hydrogen-bond acceptors (Lipinski definition) is 4. The summed E-state index contributed by atoms with van der Waals surface area (Å²) in [5.74, 6) is -1.31. The van der Waals surface area contributed by atoms with Crippen LogP contribution in [0.25, 0.3) is 0 Å². The van der Waals surface area contributed by atoms with Crippen LogP contribution < -0.4 is 10.9 Å². The Labute approximate surface area is 111 Å². The van der Waals surface area contributed by atoms with Gasteiger partial charge < -0.3 is 0 Å². The summed E-state index contributed by atoms with van der Waals surface area (Å²) in [5, 5.41) is 10.3. The van der Waals surface area contributed by atoms with Crippen LogP contribution in [0.4, 0.5) is 5.69 Å². The zero-order valence-corrected chi connectivity index (χ0v) is 10.5. The van der Waals surface area contributed by atoms with Crippen LogP contribution in [0.2, 0.25) is 10.0 Å². The van der Waals surface area contributed by atoms with Gasteiger partial charge >= 0.3 is 0 Å². The van der Waals surface area contributed by atoms with Gasteiger partial charge in [0.1, 0.15) is 0 Å². The van der Waals surface area contributed by atoms with Crippen LogP contribution in [0.5, 0.6) is 0 Å². The zero-order valence-electron chi connectivity index (χ0n) is 8.99. The Bertz CT molecular complexity index is 533. The fraction of sp³-hybridized carbons (Fsp3) is 0.111. The zero-order chi connectivity index (χ0) is 13.9. The van der Waals surface area contributed by atoms with Crippen molar-refractivity contribution in [1.82, 2.24) is 10.9 Å². The highest BCUT2D eigenvalue weighted by Gasteiger charge is 2.19. The molecule has 18 heavy (non-hydrogen) atoms. The fourth-order valence-electron chi connectivity index (χ4n) is 1.06. The molecule has 0 fully saturated rings. The van der Waals surface area contributed by atoms with Crippen molar-refractivity contribution >= 4 is 40.7 Å². The molecule has 0 saturated heterocycles. The third-order valence-electron chi connectivity index (χ3n) is 1.82. The molecule has 7 nitrogen and oxygen atoms in total. The molecule has 1 rings (SSSR count). The van der Waals surface area contributed by atoms with E-state index in [2.05, 4.69) is 0 Å². The summed E-state index contributed by atoms with van der Waals surface area (Å²) in [6.45, 7) is 1.18. The van der Waals surface area contributed by atoms with Gasteiger partial charge in [0.15, 0.2) is 0 Å². The number of halogens is 2. The first kappa shape index (κ1) is 14.2. The lowest BCUT2D eigenvalue weighted by atomic mass is 10.2. The molecule has 2 N–H and O–H groups in total. The molecule has 0 atom stereocenters. The number of nitrogens with one attached hydrogen (secondary N) is 2. The normalized spacial score (nSPS) is 9.72. The standard InChI is InChI=1S/C9H7Cl2N3O4/c1-4(15)12-13-9(16)6-2-5(14(17)18)3-7(10)8(6)11/h2-3H,1H3,(H,12,15)(H,13,16). The summed E-state index contributed by atoms with van der Waals surface area (Å²) in [6.07, 6.45) is 0. The van der Waals surface area contributed by atoms with E-state index in [-0.39, 0.29) is 21.3 Å². The number of rotatable bonds is 2. The molecule has 1 aromatic rings. The van der Waals surface area contributed by atoms with Crippen molar-refractivity contribution in [1.29, 1.82) is 0 Å². The van der Waals surface area contributed by atoms with E-state index < -0.39 is 16.7 Å². The minimum absolute atomic E-state index is 0.126. The predicted octanol–water partition coefficient (Wildman–Crippen LogP) is 1.68. The molecule has 1 aromatic carbocycles. The Balaban J connectivity index is 3.10. The lowest BCUT2D eigenvalue weighted by Gasteiger charge is -2.07. The second kappa shape index (κ2) is 5.65. The molecule has 9 heteroatoms. The largest absolute Gasteiger partial charge is 0.274 e. The maximum absolute atomic E-state index is 11.6. The molecule has 96 valence electrons. The Morgan fingerprint density at radius 3 is 2.39 bits per heavy atom. The highest BCUT2D eigenvalue weighted by Crippen LogP contribution is 2.30. The van der Waals surface area contributed by atoms with Gasteiger partial charge in [0.05, 0.1) is 20.5 Å². The molecule has 0 aliphatic carbocycles. The minimum atomic E-state index is -0.805. The van der Waals surface area contributed by atoms with E-state index >= 15 is 0 Å². The highest BCUT2D eigenvalue weighted by atomic mass is 35.5. The Morgan fingerprint density at radius 2 is 1.89 bits per heavy atom. The molecule has 0 aliphatic rings. The van der Waals surface area contributed by atoms with Gasteiger partial charge in [0.2, 0.25) is 5.91 Å². The molecule has 0 spiro atoms. The first-order valence-corrected chi connectivity index (χ1v) is 5.29. The number of nitrogens with zero attached hydrogens (tertiary/aromatic N) is 1. The first-order chi connectivity index (χ1) is 8.32. The van der Waals surface area contributed by atoms with Crippen molar-refractivity contribution in [3.8, 4) is 0 Å². The lowest BCUT2D eigenvalue weighted by molar-refractivity contribution is -0.384. The summed E-state index contributed by atoms with van der Waals surface area (Å²) in [4.78, 5) is 32.1. The first-order valence-electron chi connectivity index (χ1n) is 4.53. The number of nitro benzene ring substituents is 1. The number of carbonyl (C=O) groups excluding carboxylic acids is 2. The third kappa shape index (κ3) is 3.31. The Kier molecular flexibility index (Phi) is 4.46. The van der Waals surface area contributed by atoms with Gasteiger partial charge in [0.25, 0.3) is 11.6 Å². The molecular formula is C9H7Cl2N3O4. The molecular weight excluding hydrogens is 285 g/mol. The summed E-state index contributed by atoms with van der Waals surface area (Å²) >= 11 is 11.4. The predicted molar refractivity (Wildman–Crippen MR) is 64.4 cm³/mol. The maximum atomic E-state index is 11.6. The van der Waals surface area contributed by atoms with Crippen molar-refractivity contribution < 1.29 is 14.5 Å². The number of hydrazine groups is 1.